The zero-order valence-corrected chi connectivity index (χ0v) is 16.7. The molecule has 0 spiro atoms. The van der Waals surface area contributed by atoms with Gasteiger partial charge < -0.3 is 4.74 Å². The van der Waals surface area contributed by atoms with Crippen molar-refractivity contribution in [2.24, 2.45) is 4.40 Å². The van der Waals surface area contributed by atoms with Gasteiger partial charge in [-0.3, -0.25) is 0 Å². The smallest absolute Gasteiger partial charge is 0.229 e. The van der Waals surface area contributed by atoms with E-state index in [9.17, 15) is 0 Å². The molecule has 3 aromatic rings. The van der Waals surface area contributed by atoms with Gasteiger partial charge in [0.1, 0.15) is 0 Å². The van der Waals surface area contributed by atoms with E-state index in [1.165, 1.54) is 17.5 Å². The molecule has 136 valence electrons. The molecule has 0 fully saturated rings. The molecule has 1 aliphatic heterocycles. The summed E-state index contributed by atoms with van der Waals surface area (Å²) in [7, 11) is 0. The molecule has 0 unspecified atom stereocenters. The van der Waals surface area contributed by atoms with E-state index in [-0.39, 0.29) is 5.41 Å². The molecule has 1 aliphatic rings. The Hall–Kier alpha value is -2.52. The molecule has 0 radical (unpaired) electrons. The highest BCUT2D eigenvalue weighted by atomic mass is 32.2. The quantitative estimate of drug-likeness (QED) is 0.502. The van der Waals surface area contributed by atoms with Crippen LogP contribution in [-0.4, -0.2) is 5.90 Å². The Labute approximate surface area is 165 Å². The summed E-state index contributed by atoms with van der Waals surface area (Å²) in [4.78, 5) is -0.652. The second-order valence-corrected chi connectivity index (χ2v) is 8.71. The maximum Gasteiger partial charge on any atom is 0.229 e. The Morgan fingerprint density at radius 3 is 1.74 bits per heavy atom. The molecule has 2 nitrogen and oxygen atoms in total. The van der Waals surface area contributed by atoms with Gasteiger partial charge in [-0.05, 0) is 23.1 Å². The van der Waals surface area contributed by atoms with Crippen molar-refractivity contribution >= 4 is 17.8 Å². The fourth-order valence-corrected chi connectivity index (χ4v) is 4.16. The van der Waals surface area contributed by atoms with Crippen molar-refractivity contribution in [3.63, 3.8) is 0 Å². The number of rotatable bonds is 3. The van der Waals surface area contributed by atoms with Crippen LogP contribution < -0.4 is 0 Å². The van der Waals surface area contributed by atoms with E-state index in [2.05, 4.69) is 69.3 Å². The molecular weight excluding hydrogens is 350 g/mol. The molecule has 4 rings (SSSR count). The Morgan fingerprint density at radius 1 is 0.741 bits per heavy atom. The van der Waals surface area contributed by atoms with Gasteiger partial charge in [0.05, 0.1) is 0 Å². The Bertz CT molecular complexity index is 902. The molecule has 1 heterocycles. The van der Waals surface area contributed by atoms with Crippen molar-refractivity contribution in [2.75, 3.05) is 0 Å². The van der Waals surface area contributed by atoms with E-state index in [0.29, 0.717) is 5.90 Å². The van der Waals surface area contributed by atoms with Crippen molar-refractivity contribution in [1.82, 2.24) is 0 Å². The van der Waals surface area contributed by atoms with Crippen LogP contribution in [0.25, 0.3) is 0 Å². The van der Waals surface area contributed by atoms with Crippen LogP contribution in [0.2, 0.25) is 0 Å². The maximum atomic E-state index is 6.55. The van der Waals surface area contributed by atoms with E-state index in [4.69, 9.17) is 9.13 Å². The van der Waals surface area contributed by atoms with Gasteiger partial charge in [-0.25, -0.2) is 0 Å². The minimum atomic E-state index is -0.652. The highest BCUT2D eigenvalue weighted by Crippen LogP contribution is 2.49. The third-order valence-electron chi connectivity index (χ3n) is 4.80. The second kappa shape index (κ2) is 6.90. The molecule has 0 aromatic heterocycles. The maximum absolute atomic E-state index is 6.55. The van der Waals surface area contributed by atoms with E-state index < -0.39 is 4.93 Å². The fraction of sp³-hybridized carbons (Fsp3) is 0.208. The predicted molar refractivity (Wildman–Crippen MR) is 114 cm³/mol. The molecule has 3 heteroatoms. The van der Waals surface area contributed by atoms with Gasteiger partial charge in [0.15, 0.2) is 0 Å². The van der Waals surface area contributed by atoms with Crippen LogP contribution in [0.1, 0.15) is 43.0 Å². The molecule has 0 saturated carbocycles. The van der Waals surface area contributed by atoms with Crippen LogP contribution in [-0.2, 0) is 15.1 Å². The van der Waals surface area contributed by atoms with Crippen molar-refractivity contribution in [1.29, 1.82) is 0 Å². The summed E-state index contributed by atoms with van der Waals surface area (Å²) in [6.45, 7) is 6.66. The van der Waals surface area contributed by atoms with Crippen LogP contribution in [0.3, 0.4) is 0 Å². The average Bonchev–Trinajstić information content (AvgIpc) is 3.16. The first-order valence-corrected chi connectivity index (χ1v) is 9.93. The highest BCUT2D eigenvalue weighted by Gasteiger charge is 2.43. The van der Waals surface area contributed by atoms with Gasteiger partial charge in [-0.15, -0.1) is 0 Å². The molecule has 0 bridgehead atoms. The Balaban J connectivity index is 1.70. The van der Waals surface area contributed by atoms with Gasteiger partial charge in [-0.2, -0.15) is 4.40 Å². The zero-order valence-electron chi connectivity index (χ0n) is 15.8. The molecule has 0 N–H and O–H groups in total. The van der Waals surface area contributed by atoms with Crippen molar-refractivity contribution in [2.45, 2.75) is 31.1 Å². The second-order valence-electron chi connectivity index (χ2n) is 7.77. The van der Waals surface area contributed by atoms with Crippen LogP contribution in [0, 0.1) is 0 Å². The van der Waals surface area contributed by atoms with E-state index in [1.807, 2.05) is 36.4 Å². The van der Waals surface area contributed by atoms with E-state index >= 15 is 0 Å². The van der Waals surface area contributed by atoms with Crippen molar-refractivity contribution in [3.05, 3.63) is 107 Å². The van der Waals surface area contributed by atoms with Crippen molar-refractivity contribution < 1.29 is 4.74 Å². The SMILES string of the molecule is CC(C)(C)c1ccc(C2=NSC(c3ccccc3)(c3ccccc3)O2)cc1. The monoisotopic (exact) mass is 373 g/mol. The summed E-state index contributed by atoms with van der Waals surface area (Å²) >= 11 is 1.47. The van der Waals surface area contributed by atoms with Crippen LogP contribution in [0.5, 0.6) is 0 Å². The van der Waals surface area contributed by atoms with E-state index in [0.717, 1.165) is 16.7 Å². The molecular formula is C24H23NOS. The van der Waals surface area contributed by atoms with Gasteiger partial charge in [0.2, 0.25) is 10.8 Å². The molecule has 0 atom stereocenters. The van der Waals surface area contributed by atoms with Crippen molar-refractivity contribution in [3.8, 4) is 0 Å². The third-order valence-corrected chi connectivity index (χ3v) is 5.87. The number of ether oxygens (including phenoxy) is 1. The summed E-state index contributed by atoms with van der Waals surface area (Å²) in [5, 5.41) is 0. The van der Waals surface area contributed by atoms with Gasteiger partial charge >= 0.3 is 0 Å². The van der Waals surface area contributed by atoms with Gasteiger partial charge in [-0.1, -0.05) is 93.6 Å². The summed E-state index contributed by atoms with van der Waals surface area (Å²) in [5.41, 5.74) is 4.61. The summed E-state index contributed by atoms with van der Waals surface area (Å²) in [6.07, 6.45) is 0. The van der Waals surface area contributed by atoms with Gasteiger partial charge in [0, 0.05) is 28.6 Å². The normalized spacial score (nSPS) is 15.9. The topological polar surface area (TPSA) is 21.6 Å². The third kappa shape index (κ3) is 3.40. The molecule has 3 aromatic carbocycles. The molecule has 27 heavy (non-hydrogen) atoms. The number of hydrogen-bond acceptors (Lipinski definition) is 3. The standard InChI is InChI=1S/C24H23NOS/c1-23(2,3)19-16-14-18(15-17-19)22-25-27-24(26-22,20-10-6-4-7-11-20)21-12-8-5-9-13-21/h4-17H,1-3H3. The van der Waals surface area contributed by atoms with Crippen LogP contribution >= 0.6 is 11.9 Å². The first kappa shape index (κ1) is 17.9. The molecule has 0 aliphatic carbocycles. The summed E-state index contributed by atoms with van der Waals surface area (Å²) < 4.78 is 11.3. The minimum Gasteiger partial charge on any atom is -0.448 e. The van der Waals surface area contributed by atoms with Crippen LogP contribution in [0.15, 0.2) is 89.3 Å². The zero-order chi connectivity index (χ0) is 18.9. The first-order chi connectivity index (χ1) is 13.0. The summed E-state index contributed by atoms with van der Waals surface area (Å²) in [5.74, 6) is 0.674. The van der Waals surface area contributed by atoms with Crippen LogP contribution in [0.4, 0.5) is 0 Å². The predicted octanol–water partition coefficient (Wildman–Crippen LogP) is 6.31. The largest absolute Gasteiger partial charge is 0.448 e. The minimum absolute atomic E-state index is 0.128. The highest BCUT2D eigenvalue weighted by molar-refractivity contribution is 7.99. The van der Waals surface area contributed by atoms with Gasteiger partial charge in [0.25, 0.3) is 0 Å². The average molecular weight is 374 g/mol. The Morgan fingerprint density at radius 2 is 1.26 bits per heavy atom. The number of benzene rings is 3. The van der Waals surface area contributed by atoms with E-state index in [1.54, 1.807) is 0 Å². The lowest BCUT2D eigenvalue weighted by Gasteiger charge is -2.28. The lowest BCUT2D eigenvalue weighted by Crippen LogP contribution is -2.26. The number of hydrogen-bond donors (Lipinski definition) is 0. The molecule has 0 amide bonds. The molecule has 0 saturated heterocycles. The summed E-state index contributed by atoms with van der Waals surface area (Å²) in [6, 6.07) is 29.1. The number of nitrogens with zero attached hydrogens (tertiary/aromatic N) is 1. The fourth-order valence-electron chi connectivity index (χ4n) is 3.21. The lowest BCUT2D eigenvalue weighted by atomic mass is 9.87. The Kier molecular flexibility index (Phi) is 4.56. The lowest BCUT2D eigenvalue weighted by molar-refractivity contribution is 0.206. The first-order valence-electron chi connectivity index (χ1n) is 9.16.